The van der Waals surface area contributed by atoms with Gasteiger partial charge in [-0.15, -0.1) is 0 Å². The quantitative estimate of drug-likeness (QED) is 0.322. The second-order valence-corrected chi connectivity index (χ2v) is 11.3. The van der Waals surface area contributed by atoms with Crippen molar-refractivity contribution < 1.29 is 18.0 Å². The summed E-state index contributed by atoms with van der Waals surface area (Å²) >= 11 is 12.6. The number of carbonyl (C=O) groups excluding carboxylic acids is 2. The normalized spacial score (nSPS) is 12.0. The molecule has 10 heteroatoms. The standard InChI is InChI=1S/C28H31Cl2N3O4S/c1-3-18-31-28(35)21(2)32(19-17-22-11-6-4-7-12-22)26(34)20-33(25-16-10-15-24(29)27(25)30)38(36,37)23-13-8-5-9-14-23/h4-16,21H,3,17-20H2,1-2H3,(H,31,35)/t21-/m1/s1. The van der Waals surface area contributed by atoms with Gasteiger partial charge in [-0.25, -0.2) is 8.42 Å². The van der Waals surface area contributed by atoms with E-state index in [2.05, 4.69) is 5.32 Å². The van der Waals surface area contributed by atoms with Crippen LogP contribution in [0.1, 0.15) is 25.8 Å². The zero-order valence-electron chi connectivity index (χ0n) is 21.3. The fourth-order valence-corrected chi connectivity index (χ4v) is 5.78. The first-order valence-corrected chi connectivity index (χ1v) is 14.5. The molecule has 3 aromatic carbocycles. The molecule has 0 saturated heterocycles. The Morgan fingerprint density at radius 1 is 0.921 bits per heavy atom. The van der Waals surface area contributed by atoms with Gasteiger partial charge in [0.1, 0.15) is 12.6 Å². The number of hydrogen-bond donors (Lipinski definition) is 1. The zero-order chi connectivity index (χ0) is 27.7. The smallest absolute Gasteiger partial charge is 0.264 e. The van der Waals surface area contributed by atoms with E-state index in [1.54, 1.807) is 31.2 Å². The summed E-state index contributed by atoms with van der Waals surface area (Å²) in [5.74, 6) is -0.859. The SMILES string of the molecule is CCCNC(=O)[C@@H](C)N(CCc1ccccc1)C(=O)CN(c1cccc(Cl)c1Cl)S(=O)(=O)c1ccccc1. The Labute approximate surface area is 234 Å². The van der Waals surface area contributed by atoms with E-state index in [0.29, 0.717) is 13.0 Å². The van der Waals surface area contributed by atoms with Crippen molar-refractivity contribution >= 4 is 50.7 Å². The fraction of sp³-hybridized carbons (Fsp3) is 0.286. The minimum absolute atomic E-state index is 0.00560. The molecule has 0 spiro atoms. The summed E-state index contributed by atoms with van der Waals surface area (Å²) in [6.45, 7) is 3.68. The molecule has 3 rings (SSSR count). The summed E-state index contributed by atoms with van der Waals surface area (Å²) in [4.78, 5) is 28.1. The fourth-order valence-electron chi connectivity index (χ4n) is 3.88. The summed E-state index contributed by atoms with van der Waals surface area (Å²) < 4.78 is 28.5. The highest BCUT2D eigenvalue weighted by atomic mass is 35.5. The van der Waals surface area contributed by atoms with E-state index in [9.17, 15) is 18.0 Å². The van der Waals surface area contributed by atoms with Crippen LogP contribution in [0.15, 0.2) is 83.8 Å². The minimum Gasteiger partial charge on any atom is -0.354 e. The summed E-state index contributed by atoms with van der Waals surface area (Å²) in [7, 11) is -4.21. The van der Waals surface area contributed by atoms with Crippen LogP contribution in [0.2, 0.25) is 10.0 Å². The van der Waals surface area contributed by atoms with Crippen LogP contribution in [0.5, 0.6) is 0 Å². The molecule has 3 aromatic rings. The molecule has 38 heavy (non-hydrogen) atoms. The van der Waals surface area contributed by atoms with Crippen molar-refractivity contribution in [3.05, 3.63) is 94.5 Å². The largest absolute Gasteiger partial charge is 0.354 e. The molecule has 1 atom stereocenters. The highest BCUT2D eigenvalue weighted by Gasteiger charge is 2.33. The average Bonchev–Trinajstić information content (AvgIpc) is 2.93. The van der Waals surface area contributed by atoms with Crippen LogP contribution >= 0.6 is 23.2 Å². The van der Waals surface area contributed by atoms with E-state index in [1.807, 2.05) is 37.3 Å². The van der Waals surface area contributed by atoms with Gasteiger partial charge < -0.3 is 10.2 Å². The topological polar surface area (TPSA) is 86.8 Å². The summed E-state index contributed by atoms with van der Waals surface area (Å²) in [6.07, 6.45) is 1.23. The maximum absolute atomic E-state index is 13.8. The minimum atomic E-state index is -4.21. The molecule has 0 heterocycles. The van der Waals surface area contributed by atoms with Gasteiger partial charge in [0.2, 0.25) is 11.8 Å². The van der Waals surface area contributed by atoms with Crippen molar-refractivity contribution in [3.8, 4) is 0 Å². The molecule has 202 valence electrons. The number of benzene rings is 3. The first-order chi connectivity index (χ1) is 18.2. The van der Waals surface area contributed by atoms with E-state index >= 15 is 0 Å². The number of nitrogens with one attached hydrogen (secondary N) is 1. The number of amides is 2. The molecule has 0 saturated carbocycles. The van der Waals surface area contributed by atoms with Crippen molar-refractivity contribution in [2.75, 3.05) is 23.9 Å². The third-order valence-electron chi connectivity index (χ3n) is 6.01. The van der Waals surface area contributed by atoms with Crippen LogP contribution in [0.25, 0.3) is 0 Å². The number of rotatable bonds is 12. The predicted octanol–water partition coefficient (Wildman–Crippen LogP) is 5.17. The molecule has 0 aliphatic rings. The monoisotopic (exact) mass is 575 g/mol. The number of hydrogen-bond acceptors (Lipinski definition) is 4. The highest BCUT2D eigenvalue weighted by Crippen LogP contribution is 2.35. The molecule has 0 aliphatic carbocycles. The lowest BCUT2D eigenvalue weighted by molar-refractivity contribution is -0.138. The van der Waals surface area contributed by atoms with Crippen molar-refractivity contribution in [1.82, 2.24) is 10.2 Å². The van der Waals surface area contributed by atoms with Gasteiger partial charge in [-0.1, -0.05) is 84.7 Å². The van der Waals surface area contributed by atoms with Gasteiger partial charge in [0.15, 0.2) is 0 Å². The zero-order valence-corrected chi connectivity index (χ0v) is 23.6. The van der Waals surface area contributed by atoms with Crippen molar-refractivity contribution in [1.29, 1.82) is 0 Å². The van der Waals surface area contributed by atoms with E-state index in [-0.39, 0.29) is 33.1 Å². The van der Waals surface area contributed by atoms with Crippen LogP contribution in [-0.2, 0) is 26.0 Å². The lowest BCUT2D eigenvalue weighted by Gasteiger charge is -2.32. The second-order valence-electron chi connectivity index (χ2n) is 8.69. The van der Waals surface area contributed by atoms with E-state index < -0.39 is 28.5 Å². The Morgan fingerprint density at radius 2 is 1.55 bits per heavy atom. The molecule has 2 amide bonds. The van der Waals surface area contributed by atoms with Crippen LogP contribution < -0.4 is 9.62 Å². The molecule has 0 radical (unpaired) electrons. The second kappa shape index (κ2) is 13.6. The Morgan fingerprint density at radius 3 is 2.18 bits per heavy atom. The van der Waals surface area contributed by atoms with Gasteiger partial charge in [-0.2, -0.15) is 0 Å². The first-order valence-electron chi connectivity index (χ1n) is 12.3. The molecule has 0 aliphatic heterocycles. The molecule has 0 fully saturated rings. The molecule has 1 N–H and O–H groups in total. The maximum Gasteiger partial charge on any atom is 0.264 e. The van der Waals surface area contributed by atoms with E-state index in [1.165, 1.54) is 29.2 Å². The van der Waals surface area contributed by atoms with E-state index in [0.717, 1.165) is 16.3 Å². The third-order valence-corrected chi connectivity index (χ3v) is 8.59. The molecular weight excluding hydrogens is 545 g/mol. The third kappa shape index (κ3) is 7.28. The predicted molar refractivity (Wildman–Crippen MR) is 152 cm³/mol. The number of carbonyl (C=O) groups is 2. The first kappa shape index (κ1) is 29.5. The van der Waals surface area contributed by atoms with Crippen LogP contribution in [-0.4, -0.2) is 50.8 Å². The van der Waals surface area contributed by atoms with Crippen molar-refractivity contribution in [3.63, 3.8) is 0 Å². The molecule has 0 bridgehead atoms. The molecule has 7 nitrogen and oxygen atoms in total. The Hall–Kier alpha value is -3.07. The number of nitrogens with zero attached hydrogens (tertiary/aromatic N) is 2. The summed E-state index contributed by atoms with van der Waals surface area (Å²) in [5.41, 5.74) is 1.06. The van der Waals surface area contributed by atoms with Gasteiger partial charge in [0.25, 0.3) is 10.0 Å². The Bertz CT molecular complexity index is 1340. The van der Waals surface area contributed by atoms with Gasteiger partial charge >= 0.3 is 0 Å². The Kier molecular flexibility index (Phi) is 10.6. The summed E-state index contributed by atoms with van der Waals surface area (Å²) in [6, 6.07) is 21.1. The van der Waals surface area contributed by atoms with Crippen LogP contribution in [0, 0.1) is 0 Å². The highest BCUT2D eigenvalue weighted by molar-refractivity contribution is 7.92. The lowest BCUT2D eigenvalue weighted by atomic mass is 10.1. The maximum atomic E-state index is 13.8. The molecule has 0 aromatic heterocycles. The number of anilines is 1. The van der Waals surface area contributed by atoms with Gasteiger partial charge in [0.05, 0.1) is 20.6 Å². The number of sulfonamides is 1. The van der Waals surface area contributed by atoms with Crippen molar-refractivity contribution in [2.45, 2.75) is 37.6 Å². The van der Waals surface area contributed by atoms with Crippen molar-refractivity contribution in [2.24, 2.45) is 0 Å². The van der Waals surface area contributed by atoms with Crippen LogP contribution in [0.3, 0.4) is 0 Å². The van der Waals surface area contributed by atoms with Gasteiger partial charge in [0, 0.05) is 13.1 Å². The lowest BCUT2D eigenvalue weighted by Crippen LogP contribution is -2.52. The van der Waals surface area contributed by atoms with Crippen LogP contribution in [0.4, 0.5) is 5.69 Å². The average molecular weight is 577 g/mol. The molecular formula is C28H31Cl2N3O4S. The summed E-state index contributed by atoms with van der Waals surface area (Å²) in [5, 5.41) is 2.98. The van der Waals surface area contributed by atoms with Gasteiger partial charge in [-0.3, -0.25) is 13.9 Å². The van der Waals surface area contributed by atoms with E-state index in [4.69, 9.17) is 23.2 Å². The molecule has 0 unspecified atom stereocenters. The van der Waals surface area contributed by atoms with Gasteiger partial charge in [-0.05, 0) is 49.6 Å². The number of halogens is 2. The Balaban J connectivity index is 1.99.